The largest absolute Gasteiger partial charge is 0.477 e. The molecule has 0 saturated carbocycles. The molecule has 1 amide bonds. The van der Waals surface area contributed by atoms with Crippen molar-refractivity contribution in [1.82, 2.24) is 15.4 Å². The van der Waals surface area contributed by atoms with E-state index in [1.54, 1.807) is 24.8 Å². The molecular weight excluding hydrogens is 382 g/mol. The van der Waals surface area contributed by atoms with Gasteiger partial charge in [0.2, 0.25) is 5.91 Å². The van der Waals surface area contributed by atoms with Gasteiger partial charge in [-0.15, -0.1) is 11.8 Å². The molecule has 4 rings (SSSR count). The highest BCUT2D eigenvalue weighted by Crippen LogP contribution is 2.51. The third-order valence-electron chi connectivity index (χ3n) is 5.69. The number of carboxylic acids is 1. The molecule has 0 radical (unpaired) electrons. The van der Waals surface area contributed by atoms with E-state index in [2.05, 4.69) is 10.5 Å². The number of aliphatic hydroxyl groups is 1. The maximum atomic E-state index is 12.4. The van der Waals surface area contributed by atoms with E-state index in [1.807, 2.05) is 19.1 Å². The first-order chi connectivity index (χ1) is 13.4. The fraction of sp³-hybridized carbons (Fsp3) is 0.526. The van der Waals surface area contributed by atoms with Crippen molar-refractivity contribution in [2.24, 2.45) is 11.8 Å². The van der Waals surface area contributed by atoms with Gasteiger partial charge in [0.25, 0.3) is 0 Å². The van der Waals surface area contributed by atoms with Crippen LogP contribution in [0.5, 0.6) is 0 Å². The molecule has 6 atom stereocenters. The zero-order valence-electron chi connectivity index (χ0n) is 15.6. The van der Waals surface area contributed by atoms with Crippen LogP contribution in [0.3, 0.4) is 0 Å². The Bertz CT molecular complexity index is 835. The van der Waals surface area contributed by atoms with E-state index in [-0.39, 0.29) is 34.9 Å². The molecule has 8 nitrogen and oxygen atoms in total. The summed E-state index contributed by atoms with van der Waals surface area (Å²) in [6.45, 7) is 4.28. The second-order valence-electron chi connectivity index (χ2n) is 7.55. The summed E-state index contributed by atoms with van der Waals surface area (Å²) in [5, 5.41) is 27.1. The molecule has 0 spiro atoms. The van der Waals surface area contributed by atoms with Gasteiger partial charge in [-0.3, -0.25) is 4.79 Å². The number of aliphatic carboxylic acids is 1. The number of carboxylic acid groups (broad SMARTS) is 1. The molecule has 0 unspecified atom stereocenters. The normalized spacial score (nSPS) is 33.5. The number of aliphatic hydroxyl groups excluding tert-OH is 1. The van der Waals surface area contributed by atoms with E-state index in [1.165, 1.54) is 11.2 Å². The van der Waals surface area contributed by atoms with Gasteiger partial charge in [-0.05, 0) is 19.4 Å². The van der Waals surface area contributed by atoms with Gasteiger partial charge in [-0.2, -0.15) is 0 Å². The van der Waals surface area contributed by atoms with E-state index < -0.39 is 18.0 Å². The quantitative estimate of drug-likeness (QED) is 0.607. The highest BCUT2D eigenvalue weighted by molar-refractivity contribution is 8.03. The maximum absolute atomic E-state index is 12.4. The molecule has 3 N–H and O–H groups in total. The predicted molar refractivity (Wildman–Crippen MR) is 103 cm³/mol. The molecule has 0 bridgehead atoms. The van der Waals surface area contributed by atoms with Crippen LogP contribution >= 0.6 is 11.8 Å². The van der Waals surface area contributed by atoms with E-state index in [0.29, 0.717) is 0 Å². The third-order valence-corrected chi connectivity index (χ3v) is 7.20. The average Bonchev–Trinajstić information content (AvgIpc) is 3.34. The summed E-state index contributed by atoms with van der Waals surface area (Å²) in [6, 6.07) is 1.68. The SMILES string of the molecule is C[C@@H](O)[C@H]1C(=O)N2C(C(=O)O)=C(S[C@@H]3CN[C@H](/C=C/c4ccon4)C3)[C@H](C)[C@H]12. The van der Waals surface area contributed by atoms with Crippen LogP contribution in [0.15, 0.2) is 33.5 Å². The Labute approximate surface area is 166 Å². The number of thioether (sulfide) groups is 1. The number of hydrogen-bond acceptors (Lipinski definition) is 7. The average molecular weight is 405 g/mol. The zero-order chi connectivity index (χ0) is 20.0. The Morgan fingerprint density at radius 2 is 2.32 bits per heavy atom. The highest BCUT2D eigenvalue weighted by Gasteiger charge is 2.60. The van der Waals surface area contributed by atoms with Crippen molar-refractivity contribution < 1.29 is 24.3 Å². The Morgan fingerprint density at radius 3 is 2.96 bits per heavy atom. The Balaban J connectivity index is 1.47. The number of fused-ring (bicyclic) bond motifs is 1. The summed E-state index contributed by atoms with van der Waals surface area (Å²) in [5.74, 6) is -2.00. The number of hydrogen-bond donors (Lipinski definition) is 3. The summed E-state index contributed by atoms with van der Waals surface area (Å²) < 4.78 is 4.81. The lowest BCUT2D eigenvalue weighted by Crippen LogP contribution is -2.63. The van der Waals surface area contributed by atoms with Gasteiger partial charge >= 0.3 is 5.97 Å². The lowest BCUT2D eigenvalue weighted by molar-refractivity contribution is -0.163. The molecule has 2 fully saturated rings. The number of rotatable bonds is 6. The maximum Gasteiger partial charge on any atom is 0.353 e. The van der Waals surface area contributed by atoms with Gasteiger partial charge in [0.05, 0.1) is 18.1 Å². The second kappa shape index (κ2) is 7.38. The van der Waals surface area contributed by atoms with Crippen molar-refractivity contribution in [3.63, 3.8) is 0 Å². The van der Waals surface area contributed by atoms with Gasteiger partial charge < -0.3 is 25.0 Å². The summed E-state index contributed by atoms with van der Waals surface area (Å²) in [6.07, 6.45) is 5.51. The summed E-state index contributed by atoms with van der Waals surface area (Å²) in [7, 11) is 0. The van der Waals surface area contributed by atoms with Crippen LogP contribution in [0.25, 0.3) is 6.08 Å². The Hall–Kier alpha value is -2.10. The number of carbonyl (C=O) groups is 2. The van der Waals surface area contributed by atoms with Crippen molar-refractivity contribution in [3.05, 3.63) is 34.7 Å². The number of nitrogens with one attached hydrogen (secondary N) is 1. The molecular formula is C19H23N3O5S. The fourth-order valence-electron chi connectivity index (χ4n) is 4.35. The lowest BCUT2D eigenvalue weighted by atomic mass is 9.79. The third kappa shape index (κ3) is 3.17. The van der Waals surface area contributed by atoms with Gasteiger partial charge in [0.1, 0.15) is 17.7 Å². The van der Waals surface area contributed by atoms with Crippen LogP contribution in [-0.2, 0) is 9.59 Å². The Kier molecular flexibility index (Phi) is 5.07. The van der Waals surface area contributed by atoms with Gasteiger partial charge in [0.15, 0.2) is 0 Å². The monoisotopic (exact) mass is 405 g/mol. The van der Waals surface area contributed by atoms with E-state index in [0.717, 1.165) is 23.6 Å². The topological polar surface area (TPSA) is 116 Å². The molecule has 3 aliphatic heterocycles. The van der Waals surface area contributed by atoms with Gasteiger partial charge in [0, 0.05) is 34.7 Å². The van der Waals surface area contributed by atoms with E-state index in [9.17, 15) is 19.8 Å². The molecule has 150 valence electrons. The van der Waals surface area contributed by atoms with Gasteiger partial charge in [-0.1, -0.05) is 18.2 Å². The minimum atomic E-state index is -1.08. The van der Waals surface area contributed by atoms with Crippen molar-refractivity contribution in [1.29, 1.82) is 0 Å². The van der Waals surface area contributed by atoms with Gasteiger partial charge in [-0.25, -0.2) is 4.79 Å². The minimum Gasteiger partial charge on any atom is -0.477 e. The van der Waals surface area contributed by atoms with Crippen molar-refractivity contribution in [2.75, 3.05) is 6.54 Å². The smallest absolute Gasteiger partial charge is 0.353 e. The van der Waals surface area contributed by atoms with Crippen LogP contribution < -0.4 is 5.32 Å². The van der Waals surface area contributed by atoms with Crippen LogP contribution in [0.1, 0.15) is 26.0 Å². The standard InChI is InChI=1S/C19H23N3O5S/c1-9-15-14(10(2)23)18(24)22(15)16(19(25)26)17(9)28-13-7-12(20-8-13)4-3-11-5-6-27-21-11/h3-6,9-10,12-15,20,23H,7-8H2,1-2H3,(H,25,26)/b4-3+/t9-,10-,12-,13+,14-,15-/m1/s1. The first-order valence-corrected chi connectivity index (χ1v) is 10.2. The number of amides is 1. The molecule has 0 aromatic carbocycles. The zero-order valence-corrected chi connectivity index (χ0v) is 16.4. The predicted octanol–water partition coefficient (Wildman–Crippen LogP) is 1.31. The van der Waals surface area contributed by atoms with Crippen molar-refractivity contribution in [3.8, 4) is 0 Å². The molecule has 28 heavy (non-hydrogen) atoms. The van der Waals surface area contributed by atoms with Crippen LogP contribution in [0.2, 0.25) is 0 Å². The van der Waals surface area contributed by atoms with Crippen LogP contribution in [0.4, 0.5) is 0 Å². The van der Waals surface area contributed by atoms with Crippen LogP contribution in [-0.4, -0.2) is 62.1 Å². The summed E-state index contributed by atoms with van der Waals surface area (Å²) in [4.78, 5) is 26.4. The number of nitrogens with zero attached hydrogens (tertiary/aromatic N) is 2. The summed E-state index contributed by atoms with van der Waals surface area (Å²) >= 11 is 1.54. The minimum absolute atomic E-state index is 0.0889. The number of aromatic nitrogens is 1. The van der Waals surface area contributed by atoms with Crippen molar-refractivity contribution in [2.45, 2.75) is 43.7 Å². The first-order valence-electron chi connectivity index (χ1n) is 9.35. The Morgan fingerprint density at radius 1 is 1.54 bits per heavy atom. The molecule has 3 aliphatic rings. The molecule has 0 aliphatic carbocycles. The number of β-lactam (4-membered cyclic amide) rings is 1. The fourth-order valence-corrected chi connectivity index (χ4v) is 5.84. The molecule has 2 saturated heterocycles. The number of carbonyl (C=O) groups excluding carboxylic acids is 1. The van der Waals surface area contributed by atoms with E-state index >= 15 is 0 Å². The second-order valence-corrected chi connectivity index (χ2v) is 8.89. The molecule has 1 aromatic rings. The highest BCUT2D eigenvalue weighted by atomic mass is 32.2. The summed E-state index contributed by atoms with van der Waals surface area (Å²) in [5.41, 5.74) is 0.844. The molecule has 4 heterocycles. The first kappa shape index (κ1) is 19.2. The molecule has 9 heteroatoms. The molecule has 1 aromatic heterocycles. The lowest BCUT2D eigenvalue weighted by Gasteiger charge is -2.46. The van der Waals surface area contributed by atoms with Crippen molar-refractivity contribution >= 4 is 29.7 Å². The van der Waals surface area contributed by atoms with Crippen LogP contribution in [0, 0.1) is 11.8 Å². The van der Waals surface area contributed by atoms with E-state index in [4.69, 9.17) is 4.52 Å².